The second-order valence-electron chi connectivity index (χ2n) is 6.70. The fraction of sp³-hybridized carbons (Fsp3) is 0.0833. The highest BCUT2D eigenvalue weighted by atomic mass is 35.5. The van der Waals surface area contributed by atoms with Crippen molar-refractivity contribution in [2.45, 2.75) is 0 Å². The summed E-state index contributed by atoms with van der Waals surface area (Å²) in [5.41, 5.74) is 3.87. The number of benzene rings is 3. The SMILES string of the molecule is COc1ccc(-c2cccc(/C=C3\SC(=Nc4ccc(Cl)cc4)N(C)C3=O)c2)cc1. The van der Waals surface area contributed by atoms with E-state index in [2.05, 4.69) is 11.1 Å². The summed E-state index contributed by atoms with van der Waals surface area (Å²) in [6, 6.07) is 23.2. The zero-order chi connectivity index (χ0) is 21.1. The van der Waals surface area contributed by atoms with E-state index in [1.54, 1.807) is 31.2 Å². The van der Waals surface area contributed by atoms with Gasteiger partial charge in [0, 0.05) is 12.1 Å². The number of thioether (sulfide) groups is 1. The third-order valence-electron chi connectivity index (χ3n) is 4.66. The van der Waals surface area contributed by atoms with Gasteiger partial charge in [-0.1, -0.05) is 41.9 Å². The molecule has 1 aliphatic heterocycles. The molecule has 0 aromatic heterocycles. The summed E-state index contributed by atoms with van der Waals surface area (Å²) in [4.78, 5) is 19.5. The molecule has 1 fully saturated rings. The molecule has 1 saturated heterocycles. The van der Waals surface area contributed by atoms with E-state index >= 15 is 0 Å². The molecule has 30 heavy (non-hydrogen) atoms. The summed E-state index contributed by atoms with van der Waals surface area (Å²) in [6.45, 7) is 0. The fourth-order valence-electron chi connectivity index (χ4n) is 3.02. The van der Waals surface area contributed by atoms with Crippen molar-refractivity contribution < 1.29 is 9.53 Å². The van der Waals surface area contributed by atoms with Crippen LogP contribution in [-0.2, 0) is 4.79 Å². The van der Waals surface area contributed by atoms with Crippen LogP contribution in [0.2, 0.25) is 5.02 Å². The van der Waals surface area contributed by atoms with Gasteiger partial charge in [0.05, 0.1) is 17.7 Å². The first-order chi connectivity index (χ1) is 14.5. The summed E-state index contributed by atoms with van der Waals surface area (Å²) in [5, 5.41) is 1.29. The zero-order valence-corrected chi connectivity index (χ0v) is 18.1. The molecule has 1 aliphatic rings. The summed E-state index contributed by atoms with van der Waals surface area (Å²) in [7, 11) is 3.39. The normalized spacial score (nSPS) is 16.5. The van der Waals surface area contributed by atoms with Gasteiger partial charge in [0.25, 0.3) is 5.91 Å². The summed E-state index contributed by atoms with van der Waals surface area (Å²) < 4.78 is 5.23. The highest BCUT2D eigenvalue weighted by Gasteiger charge is 2.30. The number of amides is 1. The standard InChI is InChI=1S/C24H19ClN2O2S/c1-27-23(28)22(30-24(27)26-20-10-8-19(25)9-11-20)15-16-4-3-5-18(14-16)17-6-12-21(29-2)13-7-17/h3-15H,1-2H3/b22-15-,26-24?. The Kier molecular flexibility index (Phi) is 5.93. The highest BCUT2D eigenvalue weighted by molar-refractivity contribution is 8.18. The third kappa shape index (κ3) is 4.42. The molecule has 3 aromatic carbocycles. The van der Waals surface area contributed by atoms with E-state index in [9.17, 15) is 4.79 Å². The summed E-state index contributed by atoms with van der Waals surface area (Å²) >= 11 is 7.30. The molecule has 4 rings (SSSR count). The number of aliphatic imine (C=N–C) groups is 1. The van der Waals surface area contributed by atoms with E-state index in [-0.39, 0.29) is 5.91 Å². The number of carbonyl (C=O) groups excluding carboxylic acids is 1. The molecule has 0 aliphatic carbocycles. The molecule has 0 unspecified atom stereocenters. The van der Waals surface area contributed by atoms with Crippen molar-refractivity contribution in [2.24, 2.45) is 4.99 Å². The van der Waals surface area contributed by atoms with Gasteiger partial charge in [0.2, 0.25) is 0 Å². The van der Waals surface area contributed by atoms with Crippen LogP contribution in [0.3, 0.4) is 0 Å². The minimum atomic E-state index is -0.0671. The Bertz CT molecular complexity index is 1140. The number of hydrogen-bond donors (Lipinski definition) is 0. The van der Waals surface area contributed by atoms with Crippen LogP contribution < -0.4 is 4.74 Å². The maximum atomic E-state index is 12.7. The molecular formula is C24H19ClN2O2S. The van der Waals surface area contributed by atoms with Gasteiger partial charge >= 0.3 is 0 Å². The molecule has 4 nitrogen and oxygen atoms in total. The van der Waals surface area contributed by atoms with E-state index in [0.29, 0.717) is 15.1 Å². The number of carbonyl (C=O) groups is 1. The predicted molar refractivity (Wildman–Crippen MR) is 125 cm³/mol. The molecule has 3 aromatic rings. The van der Waals surface area contributed by atoms with E-state index in [0.717, 1.165) is 28.1 Å². The van der Waals surface area contributed by atoms with Crippen LogP contribution >= 0.6 is 23.4 Å². The molecule has 0 N–H and O–H groups in total. The number of hydrogen-bond acceptors (Lipinski definition) is 4. The Morgan fingerprint density at radius 2 is 1.73 bits per heavy atom. The first-order valence-electron chi connectivity index (χ1n) is 9.30. The van der Waals surface area contributed by atoms with Gasteiger partial charge in [-0.2, -0.15) is 0 Å². The minimum Gasteiger partial charge on any atom is -0.497 e. The van der Waals surface area contributed by atoms with E-state index in [4.69, 9.17) is 16.3 Å². The minimum absolute atomic E-state index is 0.0671. The van der Waals surface area contributed by atoms with Crippen molar-refractivity contribution in [3.63, 3.8) is 0 Å². The van der Waals surface area contributed by atoms with Crippen LogP contribution in [0.15, 0.2) is 82.7 Å². The van der Waals surface area contributed by atoms with Crippen molar-refractivity contribution in [3.8, 4) is 16.9 Å². The van der Waals surface area contributed by atoms with Gasteiger partial charge in [-0.15, -0.1) is 0 Å². The molecule has 0 saturated carbocycles. The molecule has 0 atom stereocenters. The number of methoxy groups -OCH3 is 1. The van der Waals surface area contributed by atoms with Crippen molar-refractivity contribution >= 4 is 46.2 Å². The number of amidine groups is 1. The molecular weight excluding hydrogens is 416 g/mol. The first kappa shape index (κ1) is 20.3. The quantitative estimate of drug-likeness (QED) is 0.456. The van der Waals surface area contributed by atoms with Gasteiger partial charge in [0.15, 0.2) is 5.17 Å². The summed E-state index contributed by atoms with van der Waals surface area (Å²) in [5.74, 6) is 0.753. The second kappa shape index (κ2) is 8.78. The topological polar surface area (TPSA) is 41.9 Å². The number of nitrogens with zero attached hydrogens (tertiary/aromatic N) is 2. The number of rotatable bonds is 4. The van der Waals surface area contributed by atoms with Gasteiger partial charge in [0.1, 0.15) is 5.75 Å². The van der Waals surface area contributed by atoms with Crippen molar-refractivity contribution in [3.05, 3.63) is 88.3 Å². The first-order valence-corrected chi connectivity index (χ1v) is 10.5. The molecule has 0 bridgehead atoms. The Morgan fingerprint density at radius 3 is 2.43 bits per heavy atom. The van der Waals surface area contributed by atoms with Crippen LogP contribution in [-0.4, -0.2) is 30.1 Å². The van der Waals surface area contributed by atoms with Crippen LogP contribution in [0, 0.1) is 0 Å². The third-order valence-corrected chi connectivity index (χ3v) is 5.97. The number of halogens is 1. The molecule has 150 valence electrons. The highest BCUT2D eigenvalue weighted by Crippen LogP contribution is 2.34. The molecule has 0 spiro atoms. The Balaban J connectivity index is 1.60. The van der Waals surface area contributed by atoms with Crippen molar-refractivity contribution in [1.29, 1.82) is 0 Å². The van der Waals surface area contributed by atoms with Gasteiger partial charge in [-0.05, 0) is 77.0 Å². The largest absolute Gasteiger partial charge is 0.497 e. The Hall–Kier alpha value is -3.02. The van der Waals surface area contributed by atoms with Gasteiger partial charge in [-0.25, -0.2) is 4.99 Å². The fourth-order valence-corrected chi connectivity index (χ4v) is 4.13. The lowest BCUT2D eigenvalue weighted by atomic mass is 10.0. The summed E-state index contributed by atoms with van der Waals surface area (Å²) in [6.07, 6.45) is 1.90. The average Bonchev–Trinajstić information content (AvgIpc) is 3.03. The van der Waals surface area contributed by atoms with E-state index < -0.39 is 0 Å². The van der Waals surface area contributed by atoms with Gasteiger partial charge < -0.3 is 4.74 Å². The van der Waals surface area contributed by atoms with Crippen LogP contribution in [0.1, 0.15) is 5.56 Å². The van der Waals surface area contributed by atoms with Crippen LogP contribution in [0.4, 0.5) is 5.69 Å². The maximum Gasteiger partial charge on any atom is 0.266 e. The lowest BCUT2D eigenvalue weighted by Gasteiger charge is -2.07. The van der Waals surface area contributed by atoms with E-state index in [1.807, 2.05) is 60.7 Å². The average molecular weight is 435 g/mol. The van der Waals surface area contributed by atoms with Crippen molar-refractivity contribution in [2.75, 3.05) is 14.2 Å². The zero-order valence-electron chi connectivity index (χ0n) is 16.5. The molecule has 0 radical (unpaired) electrons. The lowest BCUT2D eigenvalue weighted by Crippen LogP contribution is -2.23. The number of ether oxygens (including phenoxy) is 1. The maximum absolute atomic E-state index is 12.7. The Labute approximate surface area is 184 Å². The van der Waals surface area contributed by atoms with Crippen LogP contribution in [0.25, 0.3) is 17.2 Å². The monoisotopic (exact) mass is 434 g/mol. The second-order valence-corrected chi connectivity index (χ2v) is 8.15. The molecule has 1 amide bonds. The number of likely N-dealkylation sites (N-methyl/N-ethyl adjacent to an activating group) is 1. The van der Waals surface area contributed by atoms with Gasteiger partial charge in [-0.3, -0.25) is 9.69 Å². The Morgan fingerprint density at radius 1 is 1.00 bits per heavy atom. The van der Waals surface area contributed by atoms with E-state index in [1.165, 1.54) is 11.8 Å². The van der Waals surface area contributed by atoms with Crippen LogP contribution in [0.5, 0.6) is 5.75 Å². The van der Waals surface area contributed by atoms with Crippen molar-refractivity contribution in [1.82, 2.24) is 4.90 Å². The lowest BCUT2D eigenvalue weighted by molar-refractivity contribution is -0.121. The smallest absolute Gasteiger partial charge is 0.266 e. The predicted octanol–water partition coefficient (Wildman–Crippen LogP) is 6.25. The molecule has 1 heterocycles. The molecule has 6 heteroatoms.